The predicted molar refractivity (Wildman–Crippen MR) is 129 cm³/mol. The van der Waals surface area contributed by atoms with Gasteiger partial charge in [0, 0.05) is 23.5 Å². The Hall–Kier alpha value is -3.40. The number of fused-ring (bicyclic) bond motifs is 1. The van der Waals surface area contributed by atoms with Crippen molar-refractivity contribution in [2.75, 3.05) is 6.54 Å². The van der Waals surface area contributed by atoms with E-state index in [4.69, 9.17) is 5.73 Å². The molecule has 0 saturated carbocycles. The molecule has 7 N–H and O–H groups in total. The Labute approximate surface area is 199 Å². The van der Waals surface area contributed by atoms with Crippen LogP contribution in [-0.2, 0) is 25.6 Å². The molecule has 2 rings (SSSR count). The van der Waals surface area contributed by atoms with Gasteiger partial charge in [-0.1, -0.05) is 45.9 Å². The maximum Gasteiger partial charge on any atom is 0.326 e. The normalized spacial score (nSPS) is 14.0. The fourth-order valence-corrected chi connectivity index (χ4v) is 3.65. The number of aromatic nitrogens is 1. The molecule has 0 radical (unpaired) electrons. The van der Waals surface area contributed by atoms with Crippen LogP contribution >= 0.6 is 0 Å². The van der Waals surface area contributed by atoms with Gasteiger partial charge in [-0.15, -0.1) is 0 Å². The number of hydrogen-bond acceptors (Lipinski definition) is 5. The Morgan fingerprint density at radius 1 is 1.03 bits per heavy atom. The Kier molecular flexibility index (Phi) is 9.61. The lowest BCUT2D eigenvalue weighted by molar-refractivity contribution is -0.141. The van der Waals surface area contributed by atoms with Gasteiger partial charge in [-0.25, -0.2) is 4.79 Å². The zero-order valence-electron chi connectivity index (χ0n) is 20.1. The number of H-pyrrole nitrogens is 1. The third kappa shape index (κ3) is 7.58. The molecule has 10 nitrogen and oxygen atoms in total. The molecule has 0 saturated heterocycles. The maximum atomic E-state index is 12.6. The highest BCUT2D eigenvalue weighted by atomic mass is 16.4. The number of para-hydroxylation sites is 1. The summed E-state index contributed by atoms with van der Waals surface area (Å²) in [6.45, 7) is 7.00. The summed E-state index contributed by atoms with van der Waals surface area (Å²) in [7, 11) is 0. The van der Waals surface area contributed by atoms with Gasteiger partial charge >= 0.3 is 5.97 Å². The third-order valence-electron chi connectivity index (χ3n) is 5.46. The van der Waals surface area contributed by atoms with Crippen molar-refractivity contribution < 1.29 is 24.3 Å². The molecule has 186 valence electrons. The van der Waals surface area contributed by atoms with E-state index in [1.54, 1.807) is 20.0 Å². The van der Waals surface area contributed by atoms with Gasteiger partial charge < -0.3 is 31.8 Å². The predicted octanol–water partition coefficient (Wildman–Crippen LogP) is 0.910. The third-order valence-corrected chi connectivity index (χ3v) is 5.46. The number of nitrogens with two attached hydrogens (primary N) is 1. The first-order valence-electron chi connectivity index (χ1n) is 11.4. The molecule has 3 atom stereocenters. The smallest absolute Gasteiger partial charge is 0.326 e. The Morgan fingerprint density at radius 2 is 1.71 bits per heavy atom. The highest BCUT2D eigenvalue weighted by Crippen LogP contribution is 2.19. The van der Waals surface area contributed by atoms with Crippen molar-refractivity contribution in [1.82, 2.24) is 20.9 Å². The standard InChI is InChI=1S/C24H35N5O5/c1-13(2)9-17(25)22(31)29-21(14(3)4)23(32)27-12-20(30)28-19(24(33)34)10-15-11-26-18-8-6-5-7-16(15)18/h5-8,11,13-14,17,19,21,26H,9-10,12,25H2,1-4H3,(H,27,32)(H,28,30)(H,29,31)(H,33,34). The largest absolute Gasteiger partial charge is 0.480 e. The minimum atomic E-state index is -1.18. The van der Waals surface area contributed by atoms with Crippen molar-refractivity contribution in [3.05, 3.63) is 36.0 Å². The first kappa shape index (κ1) is 26.8. The van der Waals surface area contributed by atoms with Crippen molar-refractivity contribution in [3.8, 4) is 0 Å². The molecule has 3 amide bonds. The van der Waals surface area contributed by atoms with E-state index >= 15 is 0 Å². The molecular weight excluding hydrogens is 438 g/mol. The molecule has 3 unspecified atom stereocenters. The molecule has 0 aliphatic heterocycles. The summed E-state index contributed by atoms with van der Waals surface area (Å²) in [4.78, 5) is 52.2. The zero-order valence-corrected chi connectivity index (χ0v) is 20.1. The lowest BCUT2D eigenvalue weighted by Crippen LogP contribution is -2.55. The van der Waals surface area contributed by atoms with Crippen LogP contribution < -0.4 is 21.7 Å². The number of carbonyl (C=O) groups excluding carboxylic acids is 3. The van der Waals surface area contributed by atoms with Gasteiger partial charge in [-0.05, 0) is 29.9 Å². The van der Waals surface area contributed by atoms with Gasteiger partial charge in [0.15, 0.2) is 0 Å². The highest BCUT2D eigenvalue weighted by Gasteiger charge is 2.28. The van der Waals surface area contributed by atoms with Crippen LogP contribution in [0, 0.1) is 11.8 Å². The number of nitrogens with one attached hydrogen (secondary N) is 4. The Morgan fingerprint density at radius 3 is 2.32 bits per heavy atom. The molecule has 0 aliphatic rings. The number of carbonyl (C=O) groups is 4. The summed E-state index contributed by atoms with van der Waals surface area (Å²) < 4.78 is 0. The maximum absolute atomic E-state index is 12.6. The molecule has 1 aromatic heterocycles. The van der Waals surface area contributed by atoms with Gasteiger partial charge in [0.05, 0.1) is 12.6 Å². The van der Waals surface area contributed by atoms with E-state index in [2.05, 4.69) is 20.9 Å². The second-order valence-electron chi connectivity index (χ2n) is 9.21. The van der Waals surface area contributed by atoms with Gasteiger partial charge in [-0.3, -0.25) is 14.4 Å². The number of amides is 3. The van der Waals surface area contributed by atoms with Crippen LogP contribution in [0.4, 0.5) is 0 Å². The fourth-order valence-electron chi connectivity index (χ4n) is 3.65. The van der Waals surface area contributed by atoms with Crippen LogP contribution in [-0.4, -0.2) is 58.5 Å². The molecule has 1 aromatic carbocycles. The highest BCUT2D eigenvalue weighted by molar-refractivity contribution is 5.93. The summed E-state index contributed by atoms with van der Waals surface area (Å²) in [6, 6.07) is 4.68. The van der Waals surface area contributed by atoms with Crippen LogP contribution in [0.2, 0.25) is 0 Å². The molecule has 0 spiro atoms. The zero-order chi connectivity index (χ0) is 25.4. The van der Waals surface area contributed by atoms with Crippen molar-refractivity contribution >= 4 is 34.6 Å². The Balaban J connectivity index is 1.94. The quantitative estimate of drug-likeness (QED) is 0.268. The molecule has 10 heteroatoms. The summed E-state index contributed by atoms with van der Waals surface area (Å²) in [6.07, 6.45) is 2.28. The van der Waals surface area contributed by atoms with Crippen LogP contribution in [0.5, 0.6) is 0 Å². The molecular formula is C24H35N5O5. The molecule has 2 aromatic rings. The second-order valence-corrected chi connectivity index (χ2v) is 9.21. The van der Waals surface area contributed by atoms with E-state index in [0.29, 0.717) is 6.42 Å². The first-order valence-corrected chi connectivity index (χ1v) is 11.4. The average Bonchev–Trinajstić information content (AvgIpc) is 3.17. The number of rotatable bonds is 12. The summed E-state index contributed by atoms with van der Waals surface area (Å²) >= 11 is 0. The number of aliphatic carboxylic acids is 1. The SMILES string of the molecule is CC(C)CC(N)C(=O)NC(C(=O)NCC(=O)NC(Cc1c[nH]c2ccccc12)C(=O)O)C(C)C. The van der Waals surface area contributed by atoms with Gasteiger partial charge in [-0.2, -0.15) is 0 Å². The lowest BCUT2D eigenvalue weighted by atomic mass is 10.0. The second kappa shape index (κ2) is 12.2. The summed E-state index contributed by atoms with van der Waals surface area (Å²) in [5, 5.41) is 18.0. The van der Waals surface area contributed by atoms with Crippen molar-refractivity contribution in [2.24, 2.45) is 17.6 Å². The van der Waals surface area contributed by atoms with E-state index in [0.717, 1.165) is 16.5 Å². The van der Waals surface area contributed by atoms with Crippen LogP contribution in [0.1, 0.15) is 39.7 Å². The first-order chi connectivity index (χ1) is 16.0. The van der Waals surface area contributed by atoms with Crippen molar-refractivity contribution in [2.45, 2.75) is 58.7 Å². The summed E-state index contributed by atoms with van der Waals surface area (Å²) in [5.41, 5.74) is 7.52. The van der Waals surface area contributed by atoms with E-state index in [9.17, 15) is 24.3 Å². The van der Waals surface area contributed by atoms with Crippen molar-refractivity contribution in [3.63, 3.8) is 0 Å². The topological polar surface area (TPSA) is 166 Å². The van der Waals surface area contributed by atoms with Gasteiger partial charge in [0.2, 0.25) is 17.7 Å². The van der Waals surface area contributed by atoms with Crippen LogP contribution in [0.3, 0.4) is 0 Å². The number of carboxylic acids is 1. The van der Waals surface area contributed by atoms with Gasteiger partial charge in [0.25, 0.3) is 0 Å². The monoisotopic (exact) mass is 473 g/mol. The number of benzene rings is 1. The number of carboxylic acid groups (broad SMARTS) is 1. The molecule has 1 heterocycles. The molecule has 34 heavy (non-hydrogen) atoms. The molecule has 0 bridgehead atoms. The average molecular weight is 474 g/mol. The number of hydrogen-bond donors (Lipinski definition) is 6. The molecule has 0 fully saturated rings. The Bertz CT molecular complexity index is 1020. The van der Waals surface area contributed by atoms with Gasteiger partial charge in [0.1, 0.15) is 12.1 Å². The minimum absolute atomic E-state index is 0.0808. The van der Waals surface area contributed by atoms with E-state index in [-0.39, 0.29) is 18.3 Å². The van der Waals surface area contributed by atoms with Crippen LogP contribution in [0.15, 0.2) is 30.5 Å². The fraction of sp³-hybridized carbons (Fsp3) is 0.500. The lowest BCUT2D eigenvalue weighted by Gasteiger charge is -2.24. The summed E-state index contributed by atoms with van der Waals surface area (Å²) in [5.74, 6) is -2.83. The van der Waals surface area contributed by atoms with Crippen LogP contribution in [0.25, 0.3) is 10.9 Å². The van der Waals surface area contributed by atoms with E-state index < -0.39 is 48.4 Å². The van der Waals surface area contributed by atoms with Crippen molar-refractivity contribution in [1.29, 1.82) is 0 Å². The van der Waals surface area contributed by atoms with E-state index in [1.807, 2.05) is 38.1 Å². The van der Waals surface area contributed by atoms with E-state index in [1.165, 1.54) is 0 Å². The number of aromatic amines is 1. The minimum Gasteiger partial charge on any atom is -0.480 e. The molecule has 0 aliphatic carbocycles.